The highest BCUT2D eigenvalue weighted by atomic mass is 19.4. The first kappa shape index (κ1) is 13.9. The Kier molecular flexibility index (Phi) is 3.83. The second-order valence-electron chi connectivity index (χ2n) is 4.86. The Bertz CT molecular complexity index is 482. The van der Waals surface area contributed by atoms with E-state index >= 15 is 0 Å². The molecule has 0 aliphatic carbocycles. The van der Waals surface area contributed by atoms with E-state index in [1.54, 1.807) is 6.07 Å². The number of halogens is 3. The summed E-state index contributed by atoms with van der Waals surface area (Å²) < 4.78 is 36.3. The first-order valence-electron chi connectivity index (χ1n) is 6.32. The molecular weight excluding hydrogens is 255 g/mol. The predicted molar refractivity (Wildman–Crippen MR) is 67.7 cm³/mol. The van der Waals surface area contributed by atoms with Gasteiger partial charge in [0, 0.05) is 30.8 Å². The van der Waals surface area contributed by atoms with Gasteiger partial charge < -0.3 is 4.90 Å². The molecule has 19 heavy (non-hydrogen) atoms. The van der Waals surface area contributed by atoms with Gasteiger partial charge in [0.2, 0.25) is 0 Å². The van der Waals surface area contributed by atoms with Crippen molar-refractivity contribution in [1.29, 1.82) is 0 Å². The van der Waals surface area contributed by atoms with Crippen LogP contribution < -0.4 is 4.90 Å². The number of rotatable bonds is 4. The summed E-state index contributed by atoms with van der Waals surface area (Å²) >= 11 is 0. The van der Waals surface area contributed by atoms with Crippen LogP contribution in [-0.2, 0) is 6.42 Å². The number of hydrogen-bond acceptors (Lipinski definition) is 2. The smallest absolute Gasteiger partial charge is 0.371 e. The van der Waals surface area contributed by atoms with E-state index in [1.165, 1.54) is 6.92 Å². The first-order valence-corrected chi connectivity index (χ1v) is 6.32. The average Bonchev–Trinajstić information content (AvgIpc) is 2.70. The van der Waals surface area contributed by atoms with Gasteiger partial charge in [0.1, 0.15) is 0 Å². The van der Waals surface area contributed by atoms with Crippen LogP contribution in [0.4, 0.5) is 18.9 Å². The number of Topliss-reactive ketones (excluding diaryl/α,β-unsaturated/α-hetero) is 1. The summed E-state index contributed by atoms with van der Waals surface area (Å²) in [5, 5.41) is 0. The summed E-state index contributed by atoms with van der Waals surface area (Å²) in [4.78, 5) is 13.2. The molecule has 0 radical (unpaired) electrons. The molecule has 0 bridgehead atoms. The number of benzene rings is 1. The van der Waals surface area contributed by atoms with Gasteiger partial charge in [-0.3, -0.25) is 4.79 Å². The van der Waals surface area contributed by atoms with Crippen LogP contribution in [0.15, 0.2) is 18.2 Å². The van der Waals surface area contributed by atoms with Crippen LogP contribution in [0.1, 0.15) is 35.7 Å². The number of ketones is 1. The maximum atomic E-state index is 12.1. The van der Waals surface area contributed by atoms with Gasteiger partial charge in [0.15, 0.2) is 5.78 Å². The predicted octanol–water partition coefficient (Wildman–Crippen LogP) is 3.59. The van der Waals surface area contributed by atoms with E-state index in [9.17, 15) is 18.0 Å². The van der Waals surface area contributed by atoms with Crippen molar-refractivity contribution in [1.82, 2.24) is 0 Å². The van der Waals surface area contributed by atoms with E-state index in [0.717, 1.165) is 24.2 Å². The largest absolute Gasteiger partial charge is 0.389 e. The van der Waals surface area contributed by atoms with Crippen molar-refractivity contribution < 1.29 is 18.0 Å². The Labute approximate surface area is 110 Å². The van der Waals surface area contributed by atoms with Gasteiger partial charge in [0.25, 0.3) is 0 Å². The summed E-state index contributed by atoms with van der Waals surface area (Å²) in [6.45, 7) is 2.65. The Hall–Kier alpha value is -1.52. The van der Waals surface area contributed by atoms with Gasteiger partial charge in [-0.2, -0.15) is 13.2 Å². The molecule has 2 nitrogen and oxygen atoms in total. The molecule has 0 saturated carbocycles. The van der Waals surface area contributed by atoms with Gasteiger partial charge in [-0.1, -0.05) is 0 Å². The van der Waals surface area contributed by atoms with Crippen LogP contribution in [0, 0.1) is 0 Å². The second-order valence-corrected chi connectivity index (χ2v) is 4.86. The molecule has 104 valence electrons. The van der Waals surface area contributed by atoms with Crippen LogP contribution in [0.3, 0.4) is 0 Å². The molecule has 1 heterocycles. The Morgan fingerprint density at radius 1 is 1.37 bits per heavy atom. The second kappa shape index (κ2) is 5.23. The summed E-state index contributed by atoms with van der Waals surface area (Å²) in [5.41, 5.74) is 2.68. The first-order chi connectivity index (χ1) is 8.87. The molecule has 0 N–H and O–H groups in total. The van der Waals surface area contributed by atoms with Crippen LogP contribution in [0.5, 0.6) is 0 Å². The number of alkyl halides is 3. The molecular formula is C14H16F3NO. The lowest BCUT2D eigenvalue weighted by Crippen LogP contribution is -2.23. The maximum absolute atomic E-state index is 12.1. The van der Waals surface area contributed by atoms with Crippen molar-refractivity contribution in [3.8, 4) is 0 Å². The van der Waals surface area contributed by atoms with Gasteiger partial charge in [-0.05, 0) is 43.5 Å². The van der Waals surface area contributed by atoms with Gasteiger partial charge in [-0.15, -0.1) is 0 Å². The summed E-state index contributed by atoms with van der Waals surface area (Å²) in [6, 6.07) is 5.43. The van der Waals surface area contributed by atoms with Crippen molar-refractivity contribution >= 4 is 11.5 Å². The monoisotopic (exact) mass is 271 g/mol. The topological polar surface area (TPSA) is 20.3 Å². The Morgan fingerprint density at radius 3 is 2.74 bits per heavy atom. The summed E-state index contributed by atoms with van der Waals surface area (Å²) in [7, 11) is 0. The number of fused-ring (bicyclic) bond motifs is 1. The molecule has 0 aromatic heterocycles. The molecule has 0 fully saturated rings. The third kappa shape index (κ3) is 3.49. The fourth-order valence-electron chi connectivity index (χ4n) is 2.39. The number of hydrogen-bond donors (Lipinski definition) is 0. The molecule has 1 aromatic rings. The summed E-state index contributed by atoms with van der Waals surface area (Å²) in [5.74, 6) is 0.0123. The van der Waals surface area contributed by atoms with Crippen molar-refractivity contribution in [2.24, 2.45) is 0 Å². The maximum Gasteiger partial charge on any atom is 0.389 e. The summed E-state index contributed by atoms with van der Waals surface area (Å²) in [6.07, 6.45) is -3.93. The molecule has 0 spiro atoms. The number of carbonyl (C=O) groups is 1. The van der Waals surface area contributed by atoms with Crippen molar-refractivity contribution in [2.75, 3.05) is 18.0 Å². The lowest BCUT2D eigenvalue weighted by molar-refractivity contribution is -0.135. The standard InChI is InChI=1S/C14H16F3NO/c1-10(19)11-3-4-13-12(9-11)5-8-18(13)7-2-6-14(15,16)17/h3-4,9H,2,5-8H2,1H3. The number of carbonyl (C=O) groups excluding carboxylic acids is 1. The Balaban J connectivity index is 2.00. The fourth-order valence-corrected chi connectivity index (χ4v) is 2.39. The minimum absolute atomic E-state index is 0.0123. The van der Waals surface area contributed by atoms with Crippen LogP contribution in [0.2, 0.25) is 0 Å². The van der Waals surface area contributed by atoms with Gasteiger partial charge in [-0.25, -0.2) is 0 Å². The molecule has 1 aliphatic heterocycles. The molecule has 0 saturated heterocycles. The highest BCUT2D eigenvalue weighted by Crippen LogP contribution is 2.30. The Morgan fingerprint density at radius 2 is 2.11 bits per heavy atom. The van der Waals surface area contributed by atoms with E-state index in [1.807, 2.05) is 17.0 Å². The van der Waals surface area contributed by atoms with Gasteiger partial charge in [0.05, 0.1) is 0 Å². The van der Waals surface area contributed by atoms with E-state index in [0.29, 0.717) is 12.1 Å². The van der Waals surface area contributed by atoms with Gasteiger partial charge >= 0.3 is 6.18 Å². The molecule has 0 atom stereocenters. The van der Waals surface area contributed by atoms with Crippen molar-refractivity contribution in [3.05, 3.63) is 29.3 Å². The quantitative estimate of drug-likeness (QED) is 0.780. The van der Waals surface area contributed by atoms with E-state index in [4.69, 9.17) is 0 Å². The zero-order chi connectivity index (χ0) is 14.0. The number of nitrogens with zero attached hydrogens (tertiary/aromatic N) is 1. The zero-order valence-corrected chi connectivity index (χ0v) is 10.8. The minimum Gasteiger partial charge on any atom is -0.371 e. The van der Waals surface area contributed by atoms with Crippen LogP contribution in [-0.4, -0.2) is 25.0 Å². The fraction of sp³-hybridized carbons (Fsp3) is 0.500. The molecule has 1 aromatic carbocycles. The average molecular weight is 271 g/mol. The highest BCUT2D eigenvalue weighted by Gasteiger charge is 2.27. The van der Waals surface area contributed by atoms with E-state index in [2.05, 4.69) is 0 Å². The molecule has 0 amide bonds. The third-order valence-corrected chi connectivity index (χ3v) is 3.37. The van der Waals surface area contributed by atoms with Crippen molar-refractivity contribution in [2.45, 2.75) is 32.4 Å². The van der Waals surface area contributed by atoms with Crippen molar-refractivity contribution in [3.63, 3.8) is 0 Å². The molecule has 1 aliphatic rings. The number of anilines is 1. The van der Waals surface area contributed by atoms with E-state index in [-0.39, 0.29) is 12.2 Å². The normalized spacial score (nSPS) is 14.6. The minimum atomic E-state index is -4.08. The van der Waals surface area contributed by atoms with Crippen LogP contribution >= 0.6 is 0 Å². The van der Waals surface area contributed by atoms with Crippen LogP contribution in [0.25, 0.3) is 0 Å². The SMILES string of the molecule is CC(=O)c1ccc2c(c1)CCN2CCCC(F)(F)F. The highest BCUT2D eigenvalue weighted by molar-refractivity contribution is 5.94. The zero-order valence-electron chi connectivity index (χ0n) is 10.8. The molecule has 2 rings (SSSR count). The third-order valence-electron chi connectivity index (χ3n) is 3.37. The lowest BCUT2D eigenvalue weighted by atomic mass is 10.1. The lowest BCUT2D eigenvalue weighted by Gasteiger charge is -2.19. The molecule has 0 unspecified atom stereocenters. The van der Waals surface area contributed by atoms with E-state index < -0.39 is 12.6 Å². The molecule has 5 heteroatoms.